The Labute approximate surface area is 226 Å². The summed E-state index contributed by atoms with van der Waals surface area (Å²) in [6.45, 7) is 2.73. The lowest BCUT2D eigenvalue weighted by Crippen LogP contribution is -2.26. The van der Waals surface area contributed by atoms with Gasteiger partial charge in [-0.2, -0.15) is 13.2 Å². The van der Waals surface area contributed by atoms with Gasteiger partial charge in [-0.25, -0.2) is 22.6 Å². The summed E-state index contributed by atoms with van der Waals surface area (Å²) in [6.07, 6.45) is -2.14. The largest absolute Gasteiger partial charge is 0.490 e. The number of sulfonamides is 1. The topological polar surface area (TPSA) is 112 Å². The number of aliphatic carboxylic acids is 1. The number of carbonyl (C=O) groups is 1. The van der Waals surface area contributed by atoms with E-state index in [1.807, 2.05) is 18.2 Å². The maximum absolute atomic E-state index is 15.0. The fourth-order valence-corrected chi connectivity index (χ4v) is 5.90. The smallest absolute Gasteiger partial charge is 0.475 e. The molecule has 1 aliphatic carbocycles. The van der Waals surface area contributed by atoms with Gasteiger partial charge in [-0.3, -0.25) is 9.62 Å². The lowest BCUT2D eigenvalue weighted by atomic mass is 10.1. The third-order valence-electron chi connectivity index (χ3n) is 6.21. The van der Waals surface area contributed by atoms with Gasteiger partial charge in [0.2, 0.25) is 0 Å². The van der Waals surface area contributed by atoms with Crippen LogP contribution in [0.5, 0.6) is 0 Å². The van der Waals surface area contributed by atoms with Crippen molar-refractivity contribution < 1.29 is 35.9 Å². The summed E-state index contributed by atoms with van der Waals surface area (Å²) in [4.78, 5) is 14.9. The summed E-state index contributed by atoms with van der Waals surface area (Å²) in [5, 5.41) is 12.2. The molecule has 0 radical (unpaired) electrons. The van der Waals surface area contributed by atoms with Crippen LogP contribution in [-0.4, -0.2) is 54.7 Å². The van der Waals surface area contributed by atoms with Crippen molar-refractivity contribution in [2.24, 2.45) is 0 Å². The molecule has 0 unspecified atom stereocenters. The summed E-state index contributed by atoms with van der Waals surface area (Å²) in [6, 6.07) is 13.4. The number of aromatic nitrogens is 1. The number of rotatable bonds is 8. The number of carboxylic acids is 1. The molecule has 39 heavy (non-hydrogen) atoms. The molecule has 2 aliphatic rings. The Kier molecular flexibility index (Phi) is 8.76. The van der Waals surface area contributed by atoms with Crippen LogP contribution in [0.15, 0.2) is 58.3 Å². The summed E-state index contributed by atoms with van der Waals surface area (Å²) >= 11 is 1.27. The van der Waals surface area contributed by atoms with E-state index < -0.39 is 28.0 Å². The van der Waals surface area contributed by atoms with Gasteiger partial charge in [0.05, 0.1) is 5.51 Å². The minimum Gasteiger partial charge on any atom is -0.475 e. The van der Waals surface area contributed by atoms with Crippen molar-refractivity contribution in [2.75, 3.05) is 23.1 Å². The molecule has 3 aromatic rings. The highest BCUT2D eigenvalue weighted by atomic mass is 32.2. The van der Waals surface area contributed by atoms with E-state index in [-0.39, 0.29) is 22.7 Å². The van der Waals surface area contributed by atoms with Crippen LogP contribution in [0.2, 0.25) is 0 Å². The monoisotopic (exact) mass is 586 g/mol. The maximum atomic E-state index is 15.0. The van der Waals surface area contributed by atoms with Gasteiger partial charge in [0.25, 0.3) is 10.0 Å². The summed E-state index contributed by atoms with van der Waals surface area (Å²) < 4.78 is 74.6. The lowest BCUT2D eigenvalue weighted by molar-refractivity contribution is -0.192. The molecule has 210 valence electrons. The third kappa shape index (κ3) is 7.90. The molecule has 5 rings (SSSR count). The number of nitrogens with zero attached hydrogens (tertiary/aromatic N) is 2. The van der Waals surface area contributed by atoms with E-state index >= 15 is 0 Å². The fraction of sp³-hybridized carbons (Fsp3) is 0.360. The number of hydrogen-bond donors (Lipinski definition) is 3. The number of benzene rings is 2. The van der Waals surface area contributed by atoms with Gasteiger partial charge in [0, 0.05) is 36.7 Å². The Balaban J connectivity index is 0.000000448. The molecule has 1 saturated heterocycles. The second-order valence-corrected chi connectivity index (χ2v) is 11.6. The minimum absolute atomic E-state index is 0.200. The molecule has 1 saturated carbocycles. The maximum Gasteiger partial charge on any atom is 0.490 e. The third-order valence-corrected chi connectivity index (χ3v) is 8.16. The molecule has 0 amide bonds. The van der Waals surface area contributed by atoms with Gasteiger partial charge < -0.3 is 10.4 Å². The summed E-state index contributed by atoms with van der Waals surface area (Å²) in [5.74, 6) is -3.03. The van der Waals surface area contributed by atoms with Crippen LogP contribution in [0.1, 0.15) is 36.3 Å². The standard InChI is InChI=1S/C23H25FN4O2S2.C2HF3O2/c24-20-11-21(26-18-8-9-28(13-18)12-16-4-2-1-3-5-16)19(17-6-7-17)10-22(20)32(29,30)27-23-14-31-15-25-23;3-2(4,5)1(6)7/h1-5,10-11,14-15,17-18,26-27H,6-9,12-13H2;(H,6,7)/t18-;/m0./s1. The van der Waals surface area contributed by atoms with E-state index in [2.05, 4.69) is 32.1 Å². The van der Waals surface area contributed by atoms with Crippen LogP contribution < -0.4 is 10.0 Å². The number of carboxylic acid groups (broad SMARTS) is 1. The van der Waals surface area contributed by atoms with Gasteiger partial charge in [-0.05, 0) is 48.4 Å². The molecule has 0 spiro atoms. The second-order valence-electron chi connectivity index (χ2n) is 9.28. The molecule has 3 N–H and O–H groups in total. The van der Waals surface area contributed by atoms with Crippen molar-refractivity contribution >= 4 is 38.8 Å². The van der Waals surface area contributed by atoms with E-state index in [1.54, 1.807) is 5.38 Å². The van der Waals surface area contributed by atoms with Gasteiger partial charge >= 0.3 is 12.1 Å². The number of thiazole rings is 1. The number of nitrogens with one attached hydrogen (secondary N) is 2. The second kappa shape index (κ2) is 11.9. The van der Waals surface area contributed by atoms with Crippen LogP contribution in [0.25, 0.3) is 0 Å². The number of hydrogen-bond acceptors (Lipinski definition) is 7. The van der Waals surface area contributed by atoms with Gasteiger partial charge in [-0.1, -0.05) is 30.3 Å². The predicted octanol–water partition coefficient (Wildman–Crippen LogP) is 5.28. The van der Waals surface area contributed by atoms with Crippen molar-refractivity contribution in [3.63, 3.8) is 0 Å². The average Bonchev–Trinajstić information content (AvgIpc) is 3.41. The number of likely N-dealkylation sites (tertiary alicyclic amines) is 1. The van der Waals surface area contributed by atoms with Crippen LogP contribution in [0.3, 0.4) is 0 Å². The molecule has 1 atom stereocenters. The van der Waals surface area contributed by atoms with Gasteiger partial charge in [-0.15, -0.1) is 11.3 Å². The van der Waals surface area contributed by atoms with E-state index in [9.17, 15) is 26.0 Å². The molecular formula is C25H26F4N4O4S2. The highest BCUT2D eigenvalue weighted by molar-refractivity contribution is 7.92. The first kappa shape index (κ1) is 28.8. The van der Waals surface area contributed by atoms with Crippen LogP contribution >= 0.6 is 11.3 Å². The molecule has 2 aromatic carbocycles. The fourth-order valence-electron chi connectivity index (χ4n) is 4.24. The van der Waals surface area contributed by atoms with Gasteiger partial charge in [0.1, 0.15) is 10.7 Å². The Bertz CT molecular complexity index is 1380. The first-order chi connectivity index (χ1) is 18.4. The highest BCUT2D eigenvalue weighted by Gasteiger charge is 2.38. The van der Waals surface area contributed by atoms with Crippen molar-refractivity contribution in [3.8, 4) is 0 Å². The van der Waals surface area contributed by atoms with E-state index in [4.69, 9.17) is 9.90 Å². The van der Waals surface area contributed by atoms with E-state index in [0.29, 0.717) is 5.69 Å². The SMILES string of the molecule is O=C(O)C(F)(F)F.O=S(=O)(Nc1cscn1)c1cc(C2CC2)c(N[C@H]2CCN(Cc3ccccc3)C2)cc1F. The number of anilines is 2. The van der Waals surface area contributed by atoms with Crippen molar-refractivity contribution in [2.45, 2.75) is 48.8 Å². The molecule has 1 aromatic heterocycles. The quantitative estimate of drug-likeness (QED) is 0.308. The summed E-state index contributed by atoms with van der Waals surface area (Å²) in [5.41, 5.74) is 4.40. The zero-order chi connectivity index (χ0) is 28.2. The molecule has 1 aliphatic heterocycles. The minimum atomic E-state index is -5.08. The van der Waals surface area contributed by atoms with Crippen LogP contribution in [0.4, 0.5) is 29.1 Å². The average molecular weight is 587 g/mol. The summed E-state index contributed by atoms with van der Waals surface area (Å²) in [7, 11) is -4.05. The van der Waals surface area contributed by atoms with E-state index in [1.165, 1.54) is 34.5 Å². The van der Waals surface area contributed by atoms with E-state index in [0.717, 1.165) is 44.5 Å². The highest BCUT2D eigenvalue weighted by Crippen LogP contribution is 2.45. The predicted molar refractivity (Wildman–Crippen MR) is 139 cm³/mol. The Morgan fingerprint density at radius 1 is 1.15 bits per heavy atom. The first-order valence-electron chi connectivity index (χ1n) is 12.0. The lowest BCUT2D eigenvalue weighted by Gasteiger charge is -2.20. The normalized spacial score (nSPS) is 17.8. The van der Waals surface area contributed by atoms with Crippen LogP contribution in [-0.2, 0) is 21.4 Å². The van der Waals surface area contributed by atoms with Crippen molar-refractivity contribution in [1.82, 2.24) is 9.88 Å². The Hall–Kier alpha value is -3.23. The van der Waals surface area contributed by atoms with Crippen molar-refractivity contribution in [3.05, 3.63) is 70.3 Å². The molecular weight excluding hydrogens is 560 g/mol. The Morgan fingerprint density at radius 2 is 1.85 bits per heavy atom. The zero-order valence-electron chi connectivity index (χ0n) is 20.5. The molecule has 0 bridgehead atoms. The number of halogens is 4. The zero-order valence-corrected chi connectivity index (χ0v) is 22.1. The molecule has 2 fully saturated rings. The van der Waals surface area contributed by atoms with Gasteiger partial charge in [0.15, 0.2) is 5.82 Å². The van der Waals surface area contributed by atoms with Crippen molar-refractivity contribution in [1.29, 1.82) is 0 Å². The number of alkyl halides is 3. The molecule has 2 heterocycles. The van der Waals surface area contributed by atoms with Crippen LogP contribution in [0, 0.1) is 5.82 Å². The molecule has 14 heteroatoms. The first-order valence-corrected chi connectivity index (χ1v) is 14.4. The Morgan fingerprint density at radius 3 is 2.44 bits per heavy atom. The molecule has 8 nitrogen and oxygen atoms in total.